The second kappa shape index (κ2) is 41.9. The van der Waals surface area contributed by atoms with E-state index in [0.717, 1.165) is 58.3 Å². The molecule has 0 amide bonds. The number of carboxylic acids is 1. The van der Waals surface area contributed by atoms with Crippen LogP contribution in [-0.4, -0.2) is 72.5 Å². The molecule has 0 fully saturated rings. The lowest BCUT2D eigenvalue weighted by atomic mass is 9.87. The van der Waals surface area contributed by atoms with Crippen LogP contribution in [0.1, 0.15) is 201 Å². The number of carboxylic acid groups (broad SMARTS) is 1. The van der Waals surface area contributed by atoms with E-state index >= 15 is 0 Å². The van der Waals surface area contributed by atoms with Gasteiger partial charge in [-0.15, -0.1) is 0 Å². The monoisotopic (exact) mass is 735 g/mol. The molecule has 2 atom stereocenters. The van der Waals surface area contributed by atoms with Crippen LogP contribution in [0.3, 0.4) is 0 Å². The minimum Gasteiger partial charge on any atom is -0.481 e. The highest BCUT2D eigenvalue weighted by Gasteiger charge is 2.32. The topological polar surface area (TPSA) is 107 Å². The van der Waals surface area contributed by atoms with Gasteiger partial charge in [0, 0.05) is 32.9 Å². The summed E-state index contributed by atoms with van der Waals surface area (Å²) in [6, 6.07) is -0.507. The number of unbranched alkanes of at least 4 members (excludes halogenated alkanes) is 22. The molecule has 306 valence electrons. The van der Waals surface area contributed by atoms with Gasteiger partial charge in [0.05, 0.1) is 18.6 Å². The van der Waals surface area contributed by atoms with Gasteiger partial charge in [0.1, 0.15) is 5.78 Å². The van der Waals surface area contributed by atoms with Crippen molar-refractivity contribution in [2.24, 2.45) is 5.92 Å². The predicted molar refractivity (Wildman–Crippen MR) is 223 cm³/mol. The van der Waals surface area contributed by atoms with Crippen LogP contribution in [0.5, 0.6) is 0 Å². The summed E-state index contributed by atoms with van der Waals surface area (Å²) in [4.78, 5) is 37.9. The van der Waals surface area contributed by atoms with Crippen molar-refractivity contribution in [1.29, 1.82) is 0 Å². The van der Waals surface area contributed by atoms with Crippen molar-refractivity contribution in [1.82, 2.24) is 10.2 Å². The summed E-state index contributed by atoms with van der Waals surface area (Å²) in [5, 5.41) is 20.2. The lowest BCUT2D eigenvalue weighted by Gasteiger charge is -2.28. The van der Waals surface area contributed by atoms with Crippen molar-refractivity contribution in [3.05, 3.63) is 24.3 Å². The fourth-order valence-electron chi connectivity index (χ4n) is 6.57. The number of aliphatic carboxylic acids is 1. The zero-order valence-corrected chi connectivity index (χ0v) is 35.0. The number of nitrogens with zero attached hydrogens (tertiary/aromatic N) is 1. The first-order valence-electron chi connectivity index (χ1n) is 21.7. The normalized spacial score (nSPS) is 12.8. The number of ketones is 2. The molecule has 0 aromatic carbocycles. The van der Waals surface area contributed by atoms with E-state index < -0.39 is 12.0 Å². The fraction of sp³-hybridized carbons (Fsp3) is 0.844. The van der Waals surface area contributed by atoms with Crippen LogP contribution in [-0.2, 0) is 14.4 Å². The number of aliphatic hydroxyl groups is 1. The van der Waals surface area contributed by atoms with Crippen LogP contribution in [0.25, 0.3) is 0 Å². The molecule has 0 aliphatic carbocycles. The Labute approximate surface area is 322 Å². The minimum atomic E-state index is -0.833. The third-order valence-corrected chi connectivity index (χ3v) is 9.57. The van der Waals surface area contributed by atoms with Gasteiger partial charge < -0.3 is 20.4 Å². The van der Waals surface area contributed by atoms with Gasteiger partial charge in [0.25, 0.3) is 5.97 Å². The Bertz CT molecular complexity index is 853. The number of carbonyl (C=O) groups excluding carboxylic acids is 2. The standard InChI is InChI=1S/C43H82N2O3.C2H4O2/c1-5-7-9-11-13-15-17-19-21-23-25-27-29-31-33-35-41(47)40(39-45(3)4)43(44-37-38-46)42(48)36-34-32-30-28-26-24-22-20-18-16-14-12-10-8-6-2;1-2(3)4/h19-22,40,43-44,46H,5-18,23-39H2,1-4H3;1H3,(H,3,4)/b21-19-,22-20-;. The van der Waals surface area contributed by atoms with Gasteiger partial charge in [-0.1, -0.05) is 141 Å². The molecule has 2 unspecified atom stereocenters. The van der Waals surface area contributed by atoms with E-state index in [4.69, 9.17) is 9.90 Å². The Morgan fingerprint density at radius 2 is 0.885 bits per heavy atom. The van der Waals surface area contributed by atoms with E-state index in [1.807, 2.05) is 19.0 Å². The van der Waals surface area contributed by atoms with Crippen molar-refractivity contribution in [2.45, 2.75) is 207 Å². The summed E-state index contributed by atoms with van der Waals surface area (Å²) in [6.45, 7) is 6.49. The Hall–Kier alpha value is -1.83. The molecule has 0 spiro atoms. The largest absolute Gasteiger partial charge is 0.481 e. The van der Waals surface area contributed by atoms with Gasteiger partial charge in [-0.3, -0.25) is 14.4 Å². The second-order valence-corrected chi connectivity index (χ2v) is 15.1. The summed E-state index contributed by atoms with van der Waals surface area (Å²) in [7, 11) is 3.94. The summed E-state index contributed by atoms with van der Waals surface area (Å²) in [5.74, 6) is -0.876. The molecule has 0 saturated heterocycles. The maximum atomic E-state index is 13.4. The van der Waals surface area contributed by atoms with Gasteiger partial charge >= 0.3 is 0 Å². The zero-order chi connectivity index (χ0) is 38.9. The lowest BCUT2D eigenvalue weighted by Crippen LogP contribution is -2.50. The van der Waals surface area contributed by atoms with Crippen LogP contribution >= 0.6 is 0 Å². The maximum Gasteiger partial charge on any atom is 0.300 e. The van der Waals surface area contributed by atoms with E-state index in [-0.39, 0.29) is 24.1 Å². The minimum absolute atomic E-state index is 0.0334. The molecule has 0 saturated carbocycles. The quantitative estimate of drug-likeness (QED) is 0.0428. The summed E-state index contributed by atoms with van der Waals surface area (Å²) >= 11 is 0. The van der Waals surface area contributed by atoms with Gasteiger partial charge in [0.2, 0.25) is 0 Å². The van der Waals surface area contributed by atoms with E-state index in [1.165, 1.54) is 116 Å². The number of Topliss-reactive ketones (excluding diaryl/α,β-unsaturated/α-hetero) is 2. The van der Waals surface area contributed by atoms with Gasteiger partial charge in [-0.05, 0) is 78.3 Å². The van der Waals surface area contributed by atoms with Crippen LogP contribution in [0.15, 0.2) is 24.3 Å². The fourth-order valence-corrected chi connectivity index (χ4v) is 6.57. The molecule has 0 aliphatic heterocycles. The van der Waals surface area contributed by atoms with Crippen molar-refractivity contribution in [3.63, 3.8) is 0 Å². The third-order valence-electron chi connectivity index (χ3n) is 9.57. The molecule has 0 radical (unpaired) electrons. The predicted octanol–water partition coefficient (Wildman–Crippen LogP) is 11.4. The molecule has 0 bridgehead atoms. The highest BCUT2D eigenvalue weighted by Crippen LogP contribution is 2.18. The molecule has 3 N–H and O–H groups in total. The average Bonchev–Trinajstić information content (AvgIpc) is 3.10. The molecule has 0 rings (SSSR count). The Morgan fingerprint density at radius 3 is 1.23 bits per heavy atom. The second-order valence-electron chi connectivity index (χ2n) is 15.1. The van der Waals surface area contributed by atoms with E-state index in [0.29, 0.717) is 25.9 Å². The van der Waals surface area contributed by atoms with Crippen molar-refractivity contribution in [2.75, 3.05) is 33.8 Å². The highest BCUT2D eigenvalue weighted by molar-refractivity contribution is 5.92. The maximum absolute atomic E-state index is 13.4. The number of allylic oxidation sites excluding steroid dienone is 4. The van der Waals surface area contributed by atoms with E-state index in [2.05, 4.69) is 43.5 Å². The molecular weight excluding hydrogens is 649 g/mol. The molecule has 0 aromatic rings. The molecule has 0 aliphatic rings. The van der Waals surface area contributed by atoms with Crippen molar-refractivity contribution < 1.29 is 24.6 Å². The first-order valence-corrected chi connectivity index (χ1v) is 21.7. The average molecular weight is 735 g/mol. The van der Waals surface area contributed by atoms with E-state index in [1.54, 1.807) is 0 Å². The van der Waals surface area contributed by atoms with Crippen molar-refractivity contribution >= 4 is 17.5 Å². The number of carbonyl (C=O) groups is 3. The first-order chi connectivity index (χ1) is 25.2. The Balaban J connectivity index is 0. The molecule has 7 heteroatoms. The van der Waals surface area contributed by atoms with Crippen LogP contribution < -0.4 is 5.32 Å². The first kappa shape index (κ1) is 52.3. The molecular formula is C45H86N2O5. The van der Waals surface area contributed by atoms with Crippen LogP contribution in [0, 0.1) is 5.92 Å². The van der Waals surface area contributed by atoms with Gasteiger partial charge in [-0.2, -0.15) is 0 Å². The Kier molecular flexibility index (Phi) is 42.1. The Morgan fingerprint density at radius 1 is 0.558 bits per heavy atom. The van der Waals surface area contributed by atoms with E-state index in [9.17, 15) is 14.7 Å². The molecule has 0 aromatic heterocycles. The molecule has 7 nitrogen and oxygen atoms in total. The number of rotatable bonds is 38. The summed E-state index contributed by atoms with van der Waals surface area (Å²) < 4.78 is 0. The van der Waals surface area contributed by atoms with Gasteiger partial charge in [-0.25, -0.2) is 0 Å². The van der Waals surface area contributed by atoms with Crippen LogP contribution in [0.2, 0.25) is 0 Å². The lowest BCUT2D eigenvalue weighted by molar-refractivity contribution is -0.134. The number of hydrogen-bond donors (Lipinski definition) is 3. The number of nitrogens with one attached hydrogen (secondary N) is 1. The number of hydrogen-bond acceptors (Lipinski definition) is 6. The summed E-state index contributed by atoms with van der Waals surface area (Å²) in [6.07, 6.45) is 42.6. The van der Waals surface area contributed by atoms with Gasteiger partial charge in [0.15, 0.2) is 5.78 Å². The zero-order valence-electron chi connectivity index (χ0n) is 35.0. The third kappa shape index (κ3) is 39.4. The molecule has 52 heavy (non-hydrogen) atoms. The smallest absolute Gasteiger partial charge is 0.300 e. The SMILES string of the molecule is CC(=O)O.CCCCCCCC/C=C\CCCCCCCC(=O)C(CN(C)C)C(NCCO)C(=O)CCCCCCC/C=C\CCCCCCCC. The summed E-state index contributed by atoms with van der Waals surface area (Å²) in [5.41, 5.74) is 0. The van der Waals surface area contributed by atoms with Crippen LogP contribution in [0.4, 0.5) is 0 Å². The molecule has 0 heterocycles. The van der Waals surface area contributed by atoms with Crippen molar-refractivity contribution in [3.8, 4) is 0 Å². The highest BCUT2D eigenvalue weighted by atomic mass is 16.4. The number of aliphatic hydroxyl groups excluding tert-OH is 1.